The number of phenols is 4. The first-order valence-electron chi connectivity index (χ1n) is 39.5. The minimum absolute atomic E-state index is 0.0110. The molecule has 0 radical (unpaired) electrons. The molecule has 1 saturated heterocycles. The Bertz CT molecular complexity index is 5810. The van der Waals surface area contributed by atoms with E-state index in [4.69, 9.17) is 170 Å². The summed E-state index contributed by atoms with van der Waals surface area (Å²) >= 11 is 46.8. The predicted molar refractivity (Wildman–Crippen MR) is 502 cm³/mol. The number of rotatable bonds is 32. The first-order chi connectivity index (χ1) is 65.1. The van der Waals surface area contributed by atoms with E-state index in [9.17, 15) is 63.0 Å². The summed E-state index contributed by atoms with van der Waals surface area (Å²) in [7, 11) is 21.3. The van der Waals surface area contributed by atoms with Gasteiger partial charge in [-0.2, -0.15) is 0 Å². The van der Waals surface area contributed by atoms with Gasteiger partial charge >= 0.3 is 47.8 Å². The highest BCUT2D eigenvalue weighted by Gasteiger charge is 2.24. The van der Waals surface area contributed by atoms with Crippen LogP contribution in [0.1, 0.15) is 125 Å². The molecule has 10 aromatic rings. The largest absolute Gasteiger partial charge is 0.508 e. The molecule has 0 atom stereocenters. The second-order valence-corrected chi connectivity index (χ2v) is 29.9. The van der Waals surface area contributed by atoms with Crippen molar-refractivity contribution in [3.63, 3.8) is 0 Å². The van der Waals surface area contributed by atoms with Crippen LogP contribution in [0.15, 0.2) is 123 Å². The van der Waals surface area contributed by atoms with Crippen LogP contribution in [0, 0.1) is 0 Å². The average molecular weight is 2080 g/mol. The third-order valence-corrected chi connectivity index (χ3v) is 20.4. The van der Waals surface area contributed by atoms with Gasteiger partial charge in [-0.15, -0.1) is 0 Å². The van der Waals surface area contributed by atoms with Crippen LogP contribution in [0.3, 0.4) is 0 Å². The van der Waals surface area contributed by atoms with E-state index in [1.807, 2.05) is 0 Å². The molecule has 8 aromatic carbocycles. The number of hydrogen-bond acceptors (Lipinski definition) is 37. The Labute approximate surface area is 824 Å². The van der Waals surface area contributed by atoms with Crippen molar-refractivity contribution in [2.24, 2.45) is 5.16 Å². The highest BCUT2D eigenvalue weighted by Crippen LogP contribution is 2.40. The molecule has 0 aliphatic carbocycles. The number of aromatic nitrogens is 2. The number of halogens is 8. The van der Waals surface area contributed by atoms with Gasteiger partial charge in [-0.05, 0) is 60.7 Å². The number of benzene rings is 8. The molecular formula is C91H97Cl8N3O35. The molecule has 46 heteroatoms. The normalized spacial score (nSPS) is 10.7. The highest BCUT2D eigenvalue weighted by molar-refractivity contribution is 6.35. The Morgan fingerprint density at radius 3 is 1.04 bits per heavy atom. The van der Waals surface area contributed by atoms with Crippen LogP contribution in [0.2, 0.25) is 40.2 Å². The van der Waals surface area contributed by atoms with Crippen LogP contribution in [-0.2, 0) is 79.6 Å². The number of ketones is 3. The fraction of sp³-hybridized carbons (Fsp3) is 0.319. The average Bonchev–Trinajstić information content (AvgIpc) is 1.62. The van der Waals surface area contributed by atoms with Gasteiger partial charge in [-0.1, -0.05) is 108 Å². The number of ether oxygens (including phenoxy) is 16. The summed E-state index contributed by atoms with van der Waals surface area (Å²) in [5, 5.41) is 69.3. The van der Waals surface area contributed by atoms with E-state index in [-0.39, 0.29) is 172 Å². The van der Waals surface area contributed by atoms with Crippen molar-refractivity contribution in [2.75, 3.05) is 107 Å². The second-order valence-electron chi connectivity index (χ2n) is 26.7. The standard InChI is InChI=1S/C13H16ClNO5.C13H15ClO5.C12H12ClNO4.2C12H13ClO5.C11H10ClNO4.C8H9ClO2.C6H5ClO2.C4H4O3/c1-18-11-7-12(19-2)9(14)6-8(11)10(15-17)4-5-13(16)20-3;1-17-11-7-12(18-2)9(14)6-8(11)10(15)4-5-13(16)19-3;1-16-11-6-10-7(5-8(11)13)9(14-18-10)3-4-12(15)17-2;1-17-10-6-11(18-2)8(13)5-7(10)9(14)3-4-12(15)16;1-17-11-6-10(15)7(5-8(11)13)9(14)3-4-12(16)18-2;1-16-11(15)3-2-8-6-4-7(12)9(14)5-10(6)17-13-8;1-10-6-3-4-7(9)8(5-6)11-2;7-5-2-1-4(8)3-6(5)9;5-3-1-2-4(6)7-3/h6-7,17H,4-5H2,1-3H3;6-7H,4-5H2,1-3H3;5-6H,3-4H2,1-2H3;5-6H,3-4H2,1-2H3,(H,15,16);5-6,15H,3-4H2,1-2H3;4-5,14H,2-3H2,1H3;3-5H,1-2H3;1-3,8-9H;1-2H2/b15-10+;;;;;;;;. The van der Waals surface area contributed by atoms with Gasteiger partial charge < -0.3 is 116 Å². The fourth-order valence-electron chi connectivity index (χ4n) is 10.8. The number of nitrogens with zero attached hydrogens (tertiary/aromatic N) is 3. The number of cyclic esters (lactones) is 2. The Morgan fingerprint density at radius 1 is 0.328 bits per heavy atom. The monoisotopic (exact) mass is 2070 g/mol. The third kappa shape index (κ3) is 39.1. The number of carboxylic acid groups (broad SMARTS) is 1. The number of aromatic hydroxyl groups is 4. The van der Waals surface area contributed by atoms with Crippen molar-refractivity contribution in [3.05, 3.63) is 183 Å². The van der Waals surface area contributed by atoms with Crippen molar-refractivity contribution in [1.29, 1.82) is 0 Å². The zero-order chi connectivity index (χ0) is 103. The van der Waals surface area contributed by atoms with Crippen molar-refractivity contribution in [3.8, 4) is 80.5 Å². The van der Waals surface area contributed by atoms with Gasteiger partial charge in [0.05, 0.1) is 232 Å². The number of esters is 7. The maximum absolute atomic E-state index is 12.0. The number of carboxylic acids is 1. The molecule has 6 N–H and O–H groups in total. The van der Waals surface area contributed by atoms with Gasteiger partial charge in [-0.25, -0.2) is 0 Å². The van der Waals surface area contributed by atoms with Gasteiger partial charge in [0.2, 0.25) is 0 Å². The number of hydrogen-bond donors (Lipinski definition) is 6. The van der Waals surface area contributed by atoms with Crippen molar-refractivity contribution in [1.82, 2.24) is 10.3 Å². The summed E-state index contributed by atoms with van der Waals surface area (Å²) < 4.78 is 87.3. The molecule has 742 valence electrons. The third-order valence-electron chi connectivity index (χ3n) is 18.0. The SMILES string of the molecule is COC(=O)CC/C(=N\O)c1cc(Cl)c(OC)cc1OC.COC(=O)CCC(=O)c1cc(Cl)c(OC)cc1O.COC(=O)CCC(=O)c1cc(Cl)c(OC)cc1OC.COC(=O)CCc1noc2cc(O)c(Cl)cc12.COC(=O)CCc1noc2cc(OC)c(Cl)cc12.COc1cc(OC)c(C(=O)CCC(=O)O)cc1Cl.COc1ccc(Cl)c(OC)c1.O=C1CCC(=O)O1.Oc1ccc(Cl)c(O)c1. The zero-order valence-electron chi connectivity index (χ0n) is 76.2. The van der Waals surface area contributed by atoms with E-state index in [0.717, 1.165) is 11.1 Å². The number of carbonyl (C=O) groups excluding carboxylic acids is 10. The van der Waals surface area contributed by atoms with Crippen LogP contribution in [0.4, 0.5) is 0 Å². The highest BCUT2D eigenvalue weighted by atomic mass is 35.5. The Balaban J connectivity index is 0.000000402. The molecular weight excluding hydrogens is 1980 g/mol. The maximum Gasteiger partial charge on any atom is 0.314 e. The molecule has 0 spiro atoms. The fourth-order valence-corrected chi connectivity index (χ4v) is 12.5. The first-order valence-corrected chi connectivity index (χ1v) is 42.5. The molecule has 0 saturated carbocycles. The van der Waals surface area contributed by atoms with Gasteiger partial charge in [0.25, 0.3) is 0 Å². The van der Waals surface area contributed by atoms with Gasteiger partial charge in [0.15, 0.2) is 28.5 Å². The molecule has 2 aromatic heterocycles. The quantitative estimate of drug-likeness (QED) is 0.00434. The lowest BCUT2D eigenvalue weighted by Gasteiger charge is -2.12. The summed E-state index contributed by atoms with van der Waals surface area (Å²) in [5.74, 6) is -0.554. The number of aryl methyl sites for hydroxylation is 2. The van der Waals surface area contributed by atoms with Gasteiger partial charge in [-0.3, -0.25) is 52.7 Å². The number of Topliss-reactive ketones (excluding diaryl/α,β-unsaturated/α-hetero) is 3. The van der Waals surface area contributed by atoms with E-state index >= 15 is 0 Å². The van der Waals surface area contributed by atoms with E-state index in [1.54, 1.807) is 62.8 Å². The number of carbonyl (C=O) groups is 11. The number of methoxy groups -OCH3 is 15. The molecule has 0 bridgehead atoms. The smallest absolute Gasteiger partial charge is 0.314 e. The van der Waals surface area contributed by atoms with Crippen LogP contribution >= 0.6 is 92.8 Å². The van der Waals surface area contributed by atoms with E-state index in [0.29, 0.717) is 118 Å². The topological polar surface area (TPSA) is 521 Å². The lowest BCUT2D eigenvalue weighted by atomic mass is 10.0. The molecule has 1 aliphatic rings. The van der Waals surface area contributed by atoms with Crippen molar-refractivity contribution in [2.45, 2.75) is 89.9 Å². The summed E-state index contributed by atoms with van der Waals surface area (Å²) in [6.45, 7) is 0. The lowest BCUT2D eigenvalue weighted by molar-refractivity contribution is -0.152. The Hall–Kier alpha value is -13.3. The zero-order valence-corrected chi connectivity index (χ0v) is 82.2. The predicted octanol–water partition coefficient (Wildman–Crippen LogP) is 18.4. The van der Waals surface area contributed by atoms with Gasteiger partial charge in [0.1, 0.15) is 80.5 Å². The van der Waals surface area contributed by atoms with Gasteiger partial charge in [0, 0.05) is 103 Å². The number of fused-ring (bicyclic) bond motifs is 2. The number of oxime groups is 1. The van der Waals surface area contributed by atoms with E-state index in [2.05, 4.69) is 43.9 Å². The molecule has 137 heavy (non-hydrogen) atoms. The molecule has 1 aliphatic heterocycles. The van der Waals surface area contributed by atoms with Crippen molar-refractivity contribution < 1.29 is 168 Å². The summed E-state index contributed by atoms with van der Waals surface area (Å²) in [6.07, 6.45) is 1.75. The molecule has 3 heterocycles. The number of aliphatic carboxylic acids is 1. The first kappa shape index (κ1) is 118. The van der Waals surface area contributed by atoms with Crippen LogP contribution in [-0.4, -0.2) is 219 Å². The molecule has 11 rings (SSSR count). The number of phenolic OH excluding ortho intramolecular Hbond substituents is 4. The van der Waals surface area contributed by atoms with E-state index < -0.39 is 35.8 Å². The Kier molecular flexibility index (Phi) is 53.0. The van der Waals surface area contributed by atoms with Crippen LogP contribution in [0.25, 0.3) is 21.9 Å². The lowest BCUT2D eigenvalue weighted by Crippen LogP contribution is -2.09. The maximum atomic E-state index is 12.0. The second kappa shape index (κ2) is 61.6. The molecule has 38 nitrogen and oxygen atoms in total. The van der Waals surface area contributed by atoms with E-state index in [1.165, 1.54) is 153 Å². The minimum atomic E-state index is -1.03. The molecule has 0 unspecified atom stereocenters. The molecule has 0 amide bonds. The van der Waals surface area contributed by atoms with Crippen LogP contribution in [0.5, 0.6) is 80.5 Å². The summed E-state index contributed by atoms with van der Waals surface area (Å²) in [5.41, 5.74) is 3.71. The van der Waals surface area contributed by atoms with Crippen LogP contribution < -0.4 is 47.4 Å². The Morgan fingerprint density at radius 2 is 0.664 bits per heavy atom. The summed E-state index contributed by atoms with van der Waals surface area (Å²) in [6, 6.07) is 27.3. The van der Waals surface area contributed by atoms with Crippen molar-refractivity contribution >= 4 is 186 Å². The summed E-state index contributed by atoms with van der Waals surface area (Å²) in [4.78, 5) is 121. The minimum Gasteiger partial charge on any atom is -0.508 e. The molecule has 1 fully saturated rings.